The first-order valence-electron chi connectivity index (χ1n) is 6.99. The van der Waals surface area contributed by atoms with E-state index in [2.05, 4.69) is 11.4 Å². The second-order valence-corrected chi connectivity index (χ2v) is 5.08. The Hall–Kier alpha value is -2.07. The lowest BCUT2D eigenvalue weighted by Gasteiger charge is -2.18. The standard InChI is InChI=1S/C17H18FNO2/c1-19-17(13-4-6-16(20-2)14(18)10-13)12-3-5-15-11(9-12)7-8-21-15/h3-6,9-10,17,19H,7-8H2,1-2H3. The number of hydrogen-bond donors (Lipinski definition) is 1. The normalized spacial score (nSPS) is 14.4. The summed E-state index contributed by atoms with van der Waals surface area (Å²) in [7, 11) is 3.34. The van der Waals surface area contributed by atoms with E-state index in [9.17, 15) is 4.39 Å². The van der Waals surface area contributed by atoms with E-state index >= 15 is 0 Å². The van der Waals surface area contributed by atoms with E-state index in [1.165, 1.54) is 18.7 Å². The van der Waals surface area contributed by atoms with Gasteiger partial charge in [0.05, 0.1) is 19.8 Å². The van der Waals surface area contributed by atoms with Crippen molar-refractivity contribution < 1.29 is 13.9 Å². The fourth-order valence-electron chi connectivity index (χ4n) is 2.77. The van der Waals surface area contributed by atoms with Crippen LogP contribution >= 0.6 is 0 Å². The van der Waals surface area contributed by atoms with Gasteiger partial charge in [-0.3, -0.25) is 0 Å². The molecule has 0 aromatic heterocycles. The van der Waals surface area contributed by atoms with Gasteiger partial charge in [0.2, 0.25) is 0 Å². The molecular formula is C17H18FNO2. The zero-order chi connectivity index (χ0) is 14.8. The van der Waals surface area contributed by atoms with Crippen molar-refractivity contribution in [1.82, 2.24) is 5.32 Å². The van der Waals surface area contributed by atoms with Crippen molar-refractivity contribution in [2.75, 3.05) is 20.8 Å². The largest absolute Gasteiger partial charge is 0.494 e. The van der Waals surface area contributed by atoms with Crippen LogP contribution in [0.2, 0.25) is 0 Å². The lowest BCUT2D eigenvalue weighted by Crippen LogP contribution is -2.18. The van der Waals surface area contributed by atoms with Crippen LogP contribution < -0.4 is 14.8 Å². The summed E-state index contributed by atoms with van der Waals surface area (Å²) in [5.41, 5.74) is 3.18. The average molecular weight is 287 g/mol. The first kappa shape index (κ1) is 13.9. The average Bonchev–Trinajstić information content (AvgIpc) is 2.96. The minimum Gasteiger partial charge on any atom is -0.494 e. The molecule has 4 heteroatoms. The van der Waals surface area contributed by atoms with E-state index < -0.39 is 0 Å². The zero-order valence-electron chi connectivity index (χ0n) is 12.2. The maximum absolute atomic E-state index is 13.9. The maximum Gasteiger partial charge on any atom is 0.165 e. The molecule has 0 bridgehead atoms. The zero-order valence-corrected chi connectivity index (χ0v) is 12.2. The molecule has 1 atom stereocenters. The van der Waals surface area contributed by atoms with E-state index in [4.69, 9.17) is 9.47 Å². The van der Waals surface area contributed by atoms with Gasteiger partial charge in [-0.15, -0.1) is 0 Å². The van der Waals surface area contributed by atoms with Gasteiger partial charge in [0, 0.05) is 6.42 Å². The van der Waals surface area contributed by atoms with Crippen LogP contribution in [0.5, 0.6) is 11.5 Å². The molecular weight excluding hydrogens is 269 g/mol. The molecule has 3 nitrogen and oxygen atoms in total. The monoisotopic (exact) mass is 287 g/mol. The highest BCUT2D eigenvalue weighted by atomic mass is 19.1. The van der Waals surface area contributed by atoms with Crippen LogP contribution in [0.3, 0.4) is 0 Å². The van der Waals surface area contributed by atoms with Crippen LogP contribution in [-0.4, -0.2) is 20.8 Å². The van der Waals surface area contributed by atoms with Crippen LogP contribution in [0.15, 0.2) is 36.4 Å². The number of hydrogen-bond acceptors (Lipinski definition) is 3. The third-order valence-corrected chi connectivity index (χ3v) is 3.84. The highest BCUT2D eigenvalue weighted by Gasteiger charge is 2.18. The van der Waals surface area contributed by atoms with Gasteiger partial charge >= 0.3 is 0 Å². The molecule has 1 aliphatic heterocycles. The van der Waals surface area contributed by atoms with Crippen molar-refractivity contribution in [2.45, 2.75) is 12.5 Å². The lowest BCUT2D eigenvalue weighted by atomic mass is 9.96. The van der Waals surface area contributed by atoms with Gasteiger partial charge < -0.3 is 14.8 Å². The summed E-state index contributed by atoms with van der Waals surface area (Å²) in [5, 5.41) is 3.24. The molecule has 0 aliphatic carbocycles. The molecule has 110 valence electrons. The maximum atomic E-state index is 13.9. The number of benzene rings is 2. The summed E-state index contributed by atoms with van der Waals surface area (Å²) in [6.07, 6.45) is 0.927. The van der Waals surface area contributed by atoms with E-state index in [1.54, 1.807) is 6.07 Å². The number of ether oxygens (including phenoxy) is 2. The van der Waals surface area contributed by atoms with Crippen LogP contribution in [0.25, 0.3) is 0 Å². The third-order valence-electron chi connectivity index (χ3n) is 3.84. The molecule has 0 amide bonds. The van der Waals surface area contributed by atoms with E-state index in [0.29, 0.717) is 0 Å². The molecule has 3 rings (SSSR count). The number of rotatable bonds is 4. The topological polar surface area (TPSA) is 30.5 Å². The molecule has 0 saturated carbocycles. The smallest absolute Gasteiger partial charge is 0.165 e. The van der Waals surface area contributed by atoms with Crippen molar-refractivity contribution in [3.63, 3.8) is 0 Å². The molecule has 1 N–H and O–H groups in total. The van der Waals surface area contributed by atoms with Crippen molar-refractivity contribution in [1.29, 1.82) is 0 Å². The quantitative estimate of drug-likeness (QED) is 0.937. The molecule has 1 heterocycles. The summed E-state index contributed by atoms with van der Waals surface area (Å²) in [6, 6.07) is 11.1. The van der Waals surface area contributed by atoms with Crippen molar-refractivity contribution in [3.8, 4) is 11.5 Å². The second kappa shape index (κ2) is 5.74. The summed E-state index contributed by atoms with van der Waals surface area (Å²) >= 11 is 0. The van der Waals surface area contributed by atoms with Gasteiger partial charge in [-0.05, 0) is 41.9 Å². The summed E-state index contributed by atoms with van der Waals surface area (Å²) in [6.45, 7) is 0.736. The molecule has 1 aliphatic rings. The lowest BCUT2D eigenvalue weighted by molar-refractivity contribution is 0.357. The van der Waals surface area contributed by atoms with E-state index in [0.717, 1.165) is 29.9 Å². The van der Waals surface area contributed by atoms with Crippen molar-refractivity contribution >= 4 is 0 Å². The molecule has 2 aromatic carbocycles. The van der Waals surface area contributed by atoms with Gasteiger partial charge in [0.1, 0.15) is 5.75 Å². The number of methoxy groups -OCH3 is 1. The molecule has 1 unspecified atom stereocenters. The predicted molar refractivity (Wildman–Crippen MR) is 79.5 cm³/mol. The molecule has 0 saturated heterocycles. The Morgan fingerprint density at radius 2 is 1.95 bits per heavy atom. The third kappa shape index (κ3) is 2.59. The van der Waals surface area contributed by atoms with Crippen LogP contribution in [0, 0.1) is 5.82 Å². The summed E-state index contributed by atoms with van der Waals surface area (Å²) in [4.78, 5) is 0. The van der Waals surface area contributed by atoms with E-state index in [-0.39, 0.29) is 17.6 Å². The Balaban J connectivity index is 1.96. The van der Waals surface area contributed by atoms with Gasteiger partial charge in [0.15, 0.2) is 11.6 Å². The number of halogens is 1. The Bertz CT molecular complexity index is 657. The minimum atomic E-state index is -0.347. The van der Waals surface area contributed by atoms with Crippen molar-refractivity contribution in [2.24, 2.45) is 0 Å². The first-order valence-corrected chi connectivity index (χ1v) is 6.99. The second-order valence-electron chi connectivity index (χ2n) is 5.08. The van der Waals surface area contributed by atoms with Crippen molar-refractivity contribution in [3.05, 3.63) is 58.9 Å². The Morgan fingerprint density at radius 3 is 2.67 bits per heavy atom. The summed E-state index contributed by atoms with van der Waals surface area (Å²) < 4.78 is 24.4. The first-order chi connectivity index (χ1) is 10.2. The Kier molecular flexibility index (Phi) is 3.80. The molecule has 0 fully saturated rings. The fraction of sp³-hybridized carbons (Fsp3) is 0.294. The molecule has 21 heavy (non-hydrogen) atoms. The van der Waals surface area contributed by atoms with E-state index in [1.807, 2.05) is 25.2 Å². The van der Waals surface area contributed by atoms with Gasteiger partial charge in [0.25, 0.3) is 0 Å². The minimum absolute atomic E-state index is 0.0590. The summed E-state index contributed by atoms with van der Waals surface area (Å²) in [5.74, 6) is 0.866. The van der Waals surface area contributed by atoms with Crippen LogP contribution in [0.4, 0.5) is 4.39 Å². The van der Waals surface area contributed by atoms with Crippen LogP contribution in [-0.2, 0) is 6.42 Å². The fourth-order valence-corrected chi connectivity index (χ4v) is 2.77. The molecule has 0 radical (unpaired) electrons. The highest BCUT2D eigenvalue weighted by Crippen LogP contribution is 2.31. The molecule has 0 spiro atoms. The SMILES string of the molecule is CNC(c1ccc(OC)c(F)c1)c1ccc2c(c1)CCO2. The van der Waals surface area contributed by atoms with Gasteiger partial charge in [-0.25, -0.2) is 4.39 Å². The molecule has 2 aromatic rings. The number of nitrogens with one attached hydrogen (secondary N) is 1. The highest BCUT2D eigenvalue weighted by molar-refractivity contribution is 5.44. The number of fused-ring (bicyclic) bond motifs is 1. The predicted octanol–water partition coefficient (Wildman–Crippen LogP) is 3.08. The van der Waals surface area contributed by atoms with Crippen LogP contribution in [0.1, 0.15) is 22.7 Å². The Morgan fingerprint density at radius 1 is 1.19 bits per heavy atom. The van der Waals surface area contributed by atoms with Gasteiger partial charge in [-0.1, -0.05) is 18.2 Å². The van der Waals surface area contributed by atoms with Gasteiger partial charge in [-0.2, -0.15) is 0 Å². The Labute approximate surface area is 123 Å².